The van der Waals surface area contributed by atoms with Gasteiger partial charge in [-0.25, -0.2) is 8.42 Å². The average molecular weight is 403 g/mol. The predicted molar refractivity (Wildman–Crippen MR) is 87.4 cm³/mol. The third kappa shape index (κ3) is 3.59. The Bertz CT molecular complexity index is 817. The molecule has 0 aliphatic heterocycles. The number of halogens is 1. The number of benzene rings is 1. The van der Waals surface area contributed by atoms with Crippen molar-refractivity contribution in [3.63, 3.8) is 0 Å². The van der Waals surface area contributed by atoms with Gasteiger partial charge in [0, 0.05) is 25.7 Å². The van der Waals surface area contributed by atoms with Gasteiger partial charge >= 0.3 is 0 Å². The van der Waals surface area contributed by atoms with Crippen LogP contribution in [0.15, 0.2) is 39.8 Å². The highest BCUT2D eigenvalue weighted by molar-refractivity contribution is 9.10. The number of hydrogen-bond acceptors (Lipinski definition) is 5. The zero-order chi connectivity index (χ0) is 17.2. The molecule has 0 unspecified atom stereocenters. The minimum absolute atomic E-state index is 0.00397. The summed E-state index contributed by atoms with van der Waals surface area (Å²) in [5, 5.41) is 14.8. The van der Waals surface area contributed by atoms with E-state index in [0.717, 1.165) is 10.2 Å². The number of aryl methyl sites for hydroxylation is 1. The fourth-order valence-electron chi connectivity index (χ4n) is 2.03. The molecule has 2 aromatic rings. The van der Waals surface area contributed by atoms with Crippen molar-refractivity contribution in [1.29, 1.82) is 0 Å². The zero-order valence-electron chi connectivity index (χ0n) is 12.5. The van der Waals surface area contributed by atoms with Crippen LogP contribution in [0.5, 0.6) is 0 Å². The fraction of sp³-hybridized carbons (Fsp3) is 0.308. The molecule has 0 saturated carbocycles. The van der Waals surface area contributed by atoms with E-state index in [0.29, 0.717) is 6.54 Å². The summed E-state index contributed by atoms with van der Waals surface area (Å²) in [6, 6.07) is 4.81. The Balaban J connectivity index is 2.28. The Morgan fingerprint density at radius 3 is 2.48 bits per heavy atom. The second kappa shape index (κ2) is 6.77. The number of non-ortho nitro benzene ring substituents is 1. The maximum Gasteiger partial charge on any atom is 0.269 e. The molecule has 8 nitrogen and oxygen atoms in total. The summed E-state index contributed by atoms with van der Waals surface area (Å²) in [7, 11) is -2.30. The van der Waals surface area contributed by atoms with E-state index in [1.807, 2.05) is 6.92 Å². The molecule has 10 heteroatoms. The second-order valence-electron chi connectivity index (χ2n) is 4.77. The molecule has 0 saturated heterocycles. The summed E-state index contributed by atoms with van der Waals surface area (Å²) in [5.41, 5.74) is 0.582. The van der Waals surface area contributed by atoms with Crippen LogP contribution >= 0.6 is 15.9 Å². The Morgan fingerprint density at radius 2 is 1.96 bits per heavy atom. The van der Waals surface area contributed by atoms with Crippen LogP contribution in [-0.4, -0.2) is 34.5 Å². The number of sulfonamides is 1. The summed E-state index contributed by atoms with van der Waals surface area (Å²) in [5.74, 6) is 0. The van der Waals surface area contributed by atoms with Crippen LogP contribution in [0.2, 0.25) is 0 Å². The Morgan fingerprint density at radius 1 is 1.35 bits per heavy atom. The van der Waals surface area contributed by atoms with E-state index in [1.54, 1.807) is 10.9 Å². The van der Waals surface area contributed by atoms with Crippen molar-refractivity contribution < 1.29 is 13.3 Å². The highest BCUT2D eigenvalue weighted by atomic mass is 79.9. The average Bonchev–Trinajstić information content (AvgIpc) is 2.87. The van der Waals surface area contributed by atoms with Gasteiger partial charge in [-0.05, 0) is 35.0 Å². The van der Waals surface area contributed by atoms with Gasteiger partial charge in [-0.15, -0.1) is 0 Å². The topological polar surface area (TPSA) is 98.3 Å². The molecule has 23 heavy (non-hydrogen) atoms. The minimum Gasteiger partial charge on any atom is -0.267 e. The van der Waals surface area contributed by atoms with Gasteiger partial charge in [0.15, 0.2) is 0 Å². The molecule has 0 radical (unpaired) electrons. The molecule has 0 bridgehead atoms. The lowest BCUT2D eigenvalue weighted by Gasteiger charge is -2.18. The van der Waals surface area contributed by atoms with Gasteiger partial charge in [0.2, 0.25) is 10.0 Å². The largest absolute Gasteiger partial charge is 0.269 e. The summed E-state index contributed by atoms with van der Waals surface area (Å²) < 4.78 is 28.7. The lowest BCUT2D eigenvalue weighted by atomic mass is 10.3. The van der Waals surface area contributed by atoms with Gasteiger partial charge in [0.25, 0.3) is 5.69 Å². The number of rotatable bonds is 6. The third-order valence-corrected chi connectivity index (χ3v) is 5.81. The number of aromatic nitrogens is 2. The first kappa shape index (κ1) is 17.6. The Labute approximate surface area is 142 Å². The van der Waals surface area contributed by atoms with Crippen molar-refractivity contribution in [2.45, 2.75) is 24.9 Å². The highest BCUT2D eigenvalue weighted by Gasteiger charge is 2.23. The van der Waals surface area contributed by atoms with Crippen LogP contribution in [0.4, 0.5) is 5.69 Å². The normalized spacial score (nSPS) is 11.8. The molecule has 0 N–H and O–H groups in total. The first-order chi connectivity index (χ1) is 10.8. The van der Waals surface area contributed by atoms with Crippen LogP contribution in [0.3, 0.4) is 0 Å². The quantitative estimate of drug-likeness (QED) is 0.545. The van der Waals surface area contributed by atoms with Crippen LogP contribution in [0, 0.1) is 10.1 Å². The molecule has 1 heterocycles. The van der Waals surface area contributed by atoms with Crippen LogP contribution in [0.1, 0.15) is 12.6 Å². The van der Waals surface area contributed by atoms with Crippen molar-refractivity contribution in [2.75, 3.05) is 7.05 Å². The smallest absolute Gasteiger partial charge is 0.267 e. The van der Waals surface area contributed by atoms with Crippen molar-refractivity contribution in [2.24, 2.45) is 0 Å². The fourth-order valence-corrected chi connectivity index (χ4v) is 3.59. The zero-order valence-corrected chi connectivity index (χ0v) is 14.9. The summed E-state index contributed by atoms with van der Waals surface area (Å²) in [6.07, 6.45) is 1.62. The van der Waals surface area contributed by atoms with E-state index in [1.165, 1.54) is 35.6 Å². The lowest BCUT2D eigenvalue weighted by molar-refractivity contribution is -0.384. The molecule has 1 aromatic carbocycles. The minimum atomic E-state index is -3.75. The van der Waals surface area contributed by atoms with E-state index >= 15 is 0 Å². The van der Waals surface area contributed by atoms with Gasteiger partial charge in [-0.1, -0.05) is 0 Å². The van der Waals surface area contributed by atoms with E-state index in [9.17, 15) is 18.5 Å². The predicted octanol–water partition coefficient (Wildman–Crippen LogP) is 2.39. The van der Waals surface area contributed by atoms with Crippen molar-refractivity contribution in [3.8, 4) is 0 Å². The van der Waals surface area contributed by atoms with Crippen LogP contribution < -0.4 is 0 Å². The van der Waals surface area contributed by atoms with E-state index in [4.69, 9.17) is 0 Å². The molecule has 0 spiro atoms. The summed E-state index contributed by atoms with van der Waals surface area (Å²) in [6.45, 7) is 2.66. The molecule has 0 fully saturated rings. The molecule has 0 amide bonds. The Hall–Kier alpha value is -1.78. The van der Waals surface area contributed by atoms with Gasteiger partial charge in [-0.3, -0.25) is 14.8 Å². The van der Waals surface area contributed by atoms with Gasteiger partial charge in [-0.2, -0.15) is 9.40 Å². The van der Waals surface area contributed by atoms with E-state index in [2.05, 4.69) is 21.0 Å². The Kier molecular flexibility index (Phi) is 5.17. The maximum absolute atomic E-state index is 12.6. The van der Waals surface area contributed by atoms with Crippen LogP contribution in [0.25, 0.3) is 0 Å². The molecule has 124 valence electrons. The summed E-state index contributed by atoms with van der Waals surface area (Å²) >= 11 is 3.36. The molecular formula is C13H15BrN4O4S. The third-order valence-electron chi connectivity index (χ3n) is 3.33. The van der Waals surface area contributed by atoms with Gasteiger partial charge in [0.05, 0.1) is 32.7 Å². The van der Waals surface area contributed by atoms with E-state index in [-0.39, 0.29) is 17.1 Å². The molecule has 0 aliphatic carbocycles. The number of hydrogen-bond donors (Lipinski definition) is 0. The van der Waals surface area contributed by atoms with Gasteiger partial charge < -0.3 is 0 Å². The standard InChI is InChI=1S/C13H15BrN4O4S/c1-3-17-13(12(14)8-15-17)9-16(2)23(21,22)11-6-4-10(5-7-11)18(19)20/h4-8H,3,9H2,1-2H3. The molecule has 1 aromatic heterocycles. The highest BCUT2D eigenvalue weighted by Crippen LogP contribution is 2.23. The number of nitrogens with zero attached hydrogens (tertiary/aromatic N) is 4. The molecule has 0 aliphatic rings. The van der Waals surface area contributed by atoms with Crippen molar-refractivity contribution >= 4 is 31.6 Å². The molecular weight excluding hydrogens is 388 g/mol. The van der Waals surface area contributed by atoms with Crippen molar-refractivity contribution in [3.05, 3.63) is 50.7 Å². The van der Waals surface area contributed by atoms with Gasteiger partial charge in [0.1, 0.15) is 0 Å². The molecule has 0 atom stereocenters. The van der Waals surface area contributed by atoms with Crippen molar-refractivity contribution in [1.82, 2.24) is 14.1 Å². The first-order valence-corrected chi connectivity index (χ1v) is 8.91. The summed E-state index contributed by atoms with van der Waals surface area (Å²) in [4.78, 5) is 10.1. The van der Waals surface area contributed by atoms with E-state index < -0.39 is 14.9 Å². The first-order valence-electron chi connectivity index (χ1n) is 6.68. The lowest BCUT2D eigenvalue weighted by Crippen LogP contribution is -2.27. The monoisotopic (exact) mass is 402 g/mol. The SMILES string of the molecule is CCn1ncc(Br)c1CN(C)S(=O)(=O)c1ccc([N+](=O)[O-])cc1. The second-order valence-corrected chi connectivity index (χ2v) is 7.67. The number of nitro groups is 1. The van der Waals surface area contributed by atoms with Crippen LogP contribution in [-0.2, 0) is 23.1 Å². The maximum atomic E-state index is 12.6. The number of nitro benzene ring substituents is 1. The molecule has 2 rings (SSSR count).